The molecule has 0 aliphatic heterocycles. The zero-order valence-corrected chi connectivity index (χ0v) is 18.6. The zero-order chi connectivity index (χ0) is 22.8. The fraction of sp³-hybridized carbons (Fsp3) is 0.143. The van der Waals surface area contributed by atoms with Crippen LogP contribution in [-0.2, 0) is 18.3 Å². The summed E-state index contributed by atoms with van der Waals surface area (Å²) < 4.78 is 1.62. The average Bonchev–Trinajstić information content (AvgIpc) is 2.79. The number of carbonyl (C=O) groups excluding carboxylic acids is 1. The van der Waals surface area contributed by atoms with E-state index in [0.717, 1.165) is 28.5 Å². The van der Waals surface area contributed by atoms with Gasteiger partial charge in [0.25, 0.3) is 5.56 Å². The van der Waals surface area contributed by atoms with Crippen LogP contribution in [0.3, 0.4) is 0 Å². The normalized spacial score (nSPS) is 10.8. The van der Waals surface area contributed by atoms with Crippen molar-refractivity contribution in [3.8, 4) is 11.1 Å². The number of carbonyl (C=O) groups is 1. The van der Waals surface area contributed by atoms with Gasteiger partial charge in [-0.1, -0.05) is 49.0 Å². The van der Waals surface area contributed by atoms with E-state index in [0.29, 0.717) is 11.1 Å². The number of benzene rings is 3. The van der Waals surface area contributed by atoms with Crippen molar-refractivity contribution in [3.05, 3.63) is 112 Å². The Bertz CT molecular complexity index is 1390. The number of fused-ring (bicyclic) bond motifs is 1. The fourth-order valence-electron chi connectivity index (χ4n) is 4.20. The van der Waals surface area contributed by atoms with Crippen LogP contribution in [0.15, 0.2) is 84.3 Å². The van der Waals surface area contributed by atoms with Crippen LogP contribution in [0.4, 0.5) is 5.69 Å². The van der Waals surface area contributed by atoms with Crippen LogP contribution in [0.2, 0.25) is 0 Å². The molecule has 4 aromatic rings. The number of pyridine rings is 1. The van der Waals surface area contributed by atoms with E-state index in [1.54, 1.807) is 11.6 Å². The van der Waals surface area contributed by atoms with Crippen molar-refractivity contribution in [2.75, 3.05) is 5.32 Å². The second kappa shape index (κ2) is 8.67. The topological polar surface area (TPSA) is 51.1 Å². The van der Waals surface area contributed by atoms with E-state index in [9.17, 15) is 9.59 Å². The van der Waals surface area contributed by atoms with Gasteiger partial charge >= 0.3 is 0 Å². The Kier molecular flexibility index (Phi) is 5.78. The summed E-state index contributed by atoms with van der Waals surface area (Å²) in [7, 11) is 1.77. The summed E-state index contributed by atoms with van der Waals surface area (Å²) in [6.07, 6.45) is 3.89. The lowest BCUT2D eigenvalue weighted by molar-refractivity contribution is -0.111. The van der Waals surface area contributed by atoms with Crippen molar-refractivity contribution in [1.82, 2.24) is 4.57 Å². The first-order valence-electron chi connectivity index (χ1n) is 10.6. The third-order valence-corrected chi connectivity index (χ3v) is 5.96. The van der Waals surface area contributed by atoms with Crippen molar-refractivity contribution >= 4 is 22.4 Å². The molecule has 4 nitrogen and oxygen atoms in total. The molecule has 0 saturated heterocycles. The summed E-state index contributed by atoms with van der Waals surface area (Å²) in [5.74, 6) is -0.260. The largest absolute Gasteiger partial charge is 0.323 e. The predicted molar refractivity (Wildman–Crippen MR) is 132 cm³/mol. The minimum absolute atomic E-state index is 0.0308. The number of rotatable bonds is 5. The highest BCUT2D eigenvalue weighted by molar-refractivity contribution is 6.01. The molecule has 0 unspecified atom stereocenters. The van der Waals surface area contributed by atoms with Crippen molar-refractivity contribution < 1.29 is 4.79 Å². The summed E-state index contributed by atoms with van der Waals surface area (Å²) in [5.41, 5.74) is 7.49. The lowest BCUT2D eigenvalue weighted by Crippen LogP contribution is -2.16. The van der Waals surface area contributed by atoms with E-state index < -0.39 is 0 Å². The van der Waals surface area contributed by atoms with Gasteiger partial charge in [0.05, 0.1) is 0 Å². The molecule has 0 aliphatic rings. The van der Waals surface area contributed by atoms with Crippen molar-refractivity contribution in [2.45, 2.75) is 20.3 Å². The van der Waals surface area contributed by atoms with Crippen molar-refractivity contribution in [2.24, 2.45) is 7.05 Å². The van der Waals surface area contributed by atoms with Crippen LogP contribution < -0.4 is 10.9 Å². The molecule has 4 heteroatoms. The van der Waals surface area contributed by atoms with E-state index in [-0.39, 0.29) is 11.5 Å². The van der Waals surface area contributed by atoms with E-state index in [1.807, 2.05) is 42.6 Å². The van der Waals surface area contributed by atoms with Gasteiger partial charge in [0.1, 0.15) is 0 Å². The van der Waals surface area contributed by atoms with E-state index >= 15 is 0 Å². The molecule has 0 aliphatic carbocycles. The first-order chi connectivity index (χ1) is 15.4. The zero-order valence-electron chi connectivity index (χ0n) is 18.6. The highest BCUT2D eigenvalue weighted by Crippen LogP contribution is 2.34. The molecule has 0 radical (unpaired) electrons. The van der Waals surface area contributed by atoms with Crippen LogP contribution in [0.1, 0.15) is 22.3 Å². The van der Waals surface area contributed by atoms with Crippen LogP contribution in [0.5, 0.6) is 0 Å². The minimum Gasteiger partial charge on any atom is -0.323 e. The van der Waals surface area contributed by atoms with Gasteiger partial charge in [-0.2, -0.15) is 0 Å². The maximum absolute atomic E-state index is 12.7. The molecule has 1 amide bonds. The first kappa shape index (κ1) is 21.3. The quantitative estimate of drug-likeness (QED) is 0.430. The maximum atomic E-state index is 12.7. The molecule has 1 heterocycles. The molecule has 1 aromatic heterocycles. The minimum atomic E-state index is -0.260. The maximum Gasteiger partial charge on any atom is 0.258 e. The third kappa shape index (κ3) is 4.00. The Morgan fingerprint density at radius 3 is 2.34 bits per heavy atom. The number of aromatic nitrogens is 1. The molecule has 0 bridgehead atoms. The molecule has 3 aromatic carbocycles. The number of hydrogen-bond acceptors (Lipinski definition) is 2. The Morgan fingerprint density at radius 1 is 0.969 bits per heavy atom. The summed E-state index contributed by atoms with van der Waals surface area (Å²) in [4.78, 5) is 24.7. The summed E-state index contributed by atoms with van der Waals surface area (Å²) in [6, 6.07) is 19.9. The van der Waals surface area contributed by atoms with Gasteiger partial charge in [0, 0.05) is 29.9 Å². The standard InChI is InChI=1S/C28H26N2O2/c1-5-27(31)29-21-14-13-20(15-24-18(2)9-8-10-19(24)3)25(16-21)26-17-30(4)28(32)23-12-7-6-11-22(23)26/h5-14,16-17H,1,15H2,2-4H3,(H,29,31). The Morgan fingerprint density at radius 2 is 1.66 bits per heavy atom. The second-order valence-corrected chi connectivity index (χ2v) is 8.12. The van der Waals surface area contributed by atoms with Gasteiger partial charge in [-0.3, -0.25) is 9.59 Å². The molecule has 160 valence electrons. The smallest absolute Gasteiger partial charge is 0.258 e. The van der Waals surface area contributed by atoms with Gasteiger partial charge in [-0.15, -0.1) is 0 Å². The molecule has 0 saturated carbocycles. The van der Waals surface area contributed by atoms with Gasteiger partial charge in [-0.25, -0.2) is 0 Å². The van der Waals surface area contributed by atoms with Gasteiger partial charge < -0.3 is 9.88 Å². The third-order valence-electron chi connectivity index (χ3n) is 5.96. The summed E-state index contributed by atoms with van der Waals surface area (Å²) in [6.45, 7) is 7.80. The van der Waals surface area contributed by atoms with Crippen LogP contribution in [0.25, 0.3) is 21.9 Å². The number of aryl methyl sites for hydroxylation is 3. The summed E-state index contributed by atoms with van der Waals surface area (Å²) >= 11 is 0. The lowest BCUT2D eigenvalue weighted by Gasteiger charge is -2.17. The molecule has 0 fully saturated rings. The van der Waals surface area contributed by atoms with Gasteiger partial charge in [-0.05, 0) is 77.7 Å². The van der Waals surface area contributed by atoms with E-state index in [1.165, 1.54) is 22.8 Å². The Hall–Kier alpha value is -3.92. The van der Waals surface area contributed by atoms with Crippen molar-refractivity contribution in [3.63, 3.8) is 0 Å². The average molecular weight is 423 g/mol. The highest BCUT2D eigenvalue weighted by Gasteiger charge is 2.15. The molecule has 32 heavy (non-hydrogen) atoms. The monoisotopic (exact) mass is 422 g/mol. The molecule has 4 rings (SSSR count). The number of amides is 1. The van der Waals surface area contributed by atoms with Crippen LogP contribution >= 0.6 is 0 Å². The Labute approximate surface area is 187 Å². The fourth-order valence-corrected chi connectivity index (χ4v) is 4.20. The van der Waals surface area contributed by atoms with Crippen LogP contribution in [0, 0.1) is 13.8 Å². The Balaban J connectivity index is 1.97. The number of anilines is 1. The predicted octanol–water partition coefficient (Wildman–Crippen LogP) is 5.54. The number of hydrogen-bond donors (Lipinski definition) is 1. The van der Waals surface area contributed by atoms with E-state index in [4.69, 9.17) is 0 Å². The molecule has 0 atom stereocenters. The number of nitrogens with one attached hydrogen (secondary N) is 1. The summed E-state index contributed by atoms with van der Waals surface area (Å²) in [5, 5.41) is 4.43. The van der Waals surface area contributed by atoms with E-state index in [2.05, 4.69) is 50.0 Å². The highest BCUT2D eigenvalue weighted by atomic mass is 16.1. The number of nitrogens with zero attached hydrogens (tertiary/aromatic N) is 1. The van der Waals surface area contributed by atoms with Crippen LogP contribution in [-0.4, -0.2) is 10.5 Å². The lowest BCUT2D eigenvalue weighted by atomic mass is 9.89. The molecule has 0 spiro atoms. The molecule has 1 N–H and O–H groups in total. The SMILES string of the molecule is C=CC(=O)Nc1ccc(Cc2c(C)cccc2C)c(-c2cn(C)c(=O)c3ccccc23)c1. The molecular weight excluding hydrogens is 396 g/mol. The van der Waals surface area contributed by atoms with Gasteiger partial charge in [0.2, 0.25) is 5.91 Å². The van der Waals surface area contributed by atoms with Crippen molar-refractivity contribution in [1.29, 1.82) is 0 Å². The molecular formula is C28H26N2O2. The van der Waals surface area contributed by atoms with Gasteiger partial charge in [0.15, 0.2) is 0 Å². The first-order valence-corrected chi connectivity index (χ1v) is 10.6. The second-order valence-electron chi connectivity index (χ2n) is 8.12.